The Balaban J connectivity index is 2.86. The first-order valence-corrected chi connectivity index (χ1v) is 8.76. The first-order chi connectivity index (χ1) is 10.9. The molecular formula is C13H16N2O6S2. The van der Waals surface area contributed by atoms with E-state index in [1.54, 1.807) is 6.26 Å². The number of nitrogens with one attached hydrogen (secondary N) is 1. The zero-order valence-corrected chi connectivity index (χ0v) is 14.2. The second-order valence-corrected chi connectivity index (χ2v) is 6.14. The van der Waals surface area contributed by atoms with Crippen molar-refractivity contribution < 1.29 is 24.4 Å². The topological polar surface area (TPSA) is 119 Å². The van der Waals surface area contributed by atoms with Gasteiger partial charge >= 0.3 is 5.97 Å². The van der Waals surface area contributed by atoms with Gasteiger partial charge in [-0.3, -0.25) is 19.7 Å². The van der Waals surface area contributed by atoms with Gasteiger partial charge in [0, 0.05) is 12.3 Å². The molecule has 0 saturated heterocycles. The number of rotatable bonds is 9. The van der Waals surface area contributed by atoms with Gasteiger partial charge in [0.05, 0.1) is 28.7 Å². The van der Waals surface area contributed by atoms with Gasteiger partial charge in [-0.15, -0.1) is 23.5 Å². The van der Waals surface area contributed by atoms with E-state index in [0.29, 0.717) is 16.4 Å². The molecule has 0 aliphatic rings. The zero-order valence-electron chi connectivity index (χ0n) is 12.5. The fourth-order valence-electron chi connectivity index (χ4n) is 1.69. The van der Waals surface area contributed by atoms with Gasteiger partial charge in [0.25, 0.3) is 11.6 Å². The summed E-state index contributed by atoms with van der Waals surface area (Å²) >= 11 is 2.46. The Morgan fingerprint density at radius 2 is 2.13 bits per heavy atom. The molecule has 23 heavy (non-hydrogen) atoms. The van der Waals surface area contributed by atoms with Crippen LogP contribution >= 0.6 is 23.5 Å². The Morgan fingerprint density at radius 3 is 2.65 bits per heavy atom. The predicted octanol–water partition coefficient (Wildman–Crippen LogP) is 1.87. The van der Waals surface area contributed by atoms with Crippen LogP contribution in [-0.4, -0.2) is 53.3 Å². The van der Waals surface area contributed by atoms with Gasteiger partial charge in [-0.25, -0.2) is 0 Å². The molecule has 0 radical (unpaired) electrons. The number of thioether (sulfide) groups is 2. The highest BCUT2D eigenvalue weighted by Gasteiger charge is 2.23. The number of aliphatic carboxylic acids is 1. The van der Waals surface area contributed by atoms with Gasteiger partial charge in [-0.05, 0) is 12.3 Å². The number of hydrogen-bond donors (Lipinski definition) is 2. The van der Waals surface area contributed by atoms with Gasteiger partial charge in [-0.2, -0.15) is 0 Å². The minimum atomic E-state index is -0.934. The van der Waals surface area contributed by atoms with E-state index in [1.165, 1.54) is 31.0 Å². The molecule has 0 atom stereocenters. The second-order valence-electron chi connectivity index (χ2n) is 4.18. The lowest BCUT2D eigenvalue weighted by Crippen LogP contribution is -2.26. The molecule has 126 valence electrons. The number of nitro benzene ring substituents is 1. The summed E-state index contributed by atoms with van der Waals surface area (Å²) in [5, 5.41) is 22.2. The first kappa shape index (κ1) is 19.1. The van der Waals surface area contributed by atoms with Crippen molar-refractivity contribution in [2.45, 2.75) is 4.90 Å². The third-order valence-corrected chi connectivity index (χ3v) is 4.40. The lowest BCUT2D eigenvalue weighted by Gasteiger charge is -2.10. The summed E-state index contributed by atoms with van der Waals surface area (Å²) in [6.45, 7) is 0.217. The molecule has 1 aromatic carbocycles. The van der Waals surface area contributed by atoms with Crippen LogP contribution in [0.25, 0.3) is 0 Å². The van der Waals surface area contributed by atoms with Gasteiger partial charge in [0.2, 0.25) is 0 Å². The van der Waals surface area contributed by atoms with Crippen LogP contribution in [0, 0.1) is 10.1 Å². The minimum absolute atomic E-state index is 0.0524. The number of ether oxygens (including phenoxy) is 1. The maximum Gasteiger partial charge on any atom is 0.313 e. The van der Waals surface area contributed by atoms with E-state index in [0.717, 1.165) is 11.8 Å². The Bertz CT molecular complexity index is 608. The highest BCUT2D eigenvalue weighted by atomic mass is 32.2. The molecule has 0 saturated carbocycles. The van der Waals surface area contributed by atoms with Crippen LogP contribution in [0.2, 0.25) is 0 Å². The van der Waals surface area contributed by atoms with E-state index in [9.17, 15) is 19.7 Å². The van der Waals surface area contributed by atoms with Crippen molar-refractivity contribution in [2.75, 3.05) is 31.4 Å². The Hall–Kier alpha value is -1.94. The molecule has 1 rings (SSSR count). The van der Waals surface area contributed by atoms with Crippen molar-refractivity contribution >= 4 is 41.1 Å². The van der Waals surface area contributed by atoms with Crippen molar-refractivity contribution in [3.63, 3.8) is 0 Å². The Labute approximate surface area is 141 Å². The van der Waals surface area contributed by atoms with Gasteiger partial charge in [0.15, 0.2) is 0 Å². The number of nitrogens with zero attached hydrogens (tertiary/aromatic N) is 1. The van der Waals surface area contributed by atoms with Gasteiger partial charge < -0.3 is 15.2 Å². The summed E-state index contributed by atoms with van der Waals surface area (Å²) in [5.74, 6) is -0.841. The van der Waals surface area contributed by atoms with Crippen LogP contribution < -0.4 is 10.1 Å². The summed E-state index contributed by atoms with van der Waals surface area (Å²) in [4.78, 5) is 33.6. The maximum atomic E-state index is 12.1. The number of carbonyl (C=O) groups excluding carboxylic acids is 1. The summed E-state index contributed by atoms with van der Waals surface area (Å²) in [6.07, 6.45) is 1.77. The van der Waals surface area contributed by atoms with Crippen molar-refractivity contribution in [3.8, 4) is 5.75 Å². The van der Waals surface area contributed by atoms with E-state index >= 15 is 0 Å². The number of carbonyl (C=O) groups is 2. The molecule has 0 aliphatic carbocycles. The van der Waals surface area contributed by atoms with Crippen molar-refractivity contribution in [1.82, 2.24) is 5.32 Å². The third kappa shape index (κ3) is 5.64. The third-order valence-electron chi connectivity index (χ3n) is 2.70. The van der Waals surface area contributed by atoms with Crippen molar-refractivity contribution in [3.05, 3.63) is 27.8 Å². The molecule has 1 aromatic rings. The Kier molecular flexibility index (Phi) is 7.69. The van der Waals surface area contributed by atoms with Crippen LogP contribution in [0.4, 0.5) is 5.69 Å². The number of nitro groups is 1. The molecule has 0 spiro atoms. The van der Waals surface area contributed by atoms with Crippen LogP contribution in [0.15, 0.2) is 17.0 Å². The van der Waals surface area contributed by atoms with E-state index in [4.69, 9.17) is 9.84 Å². The molecule has 0 fully saturated rings. The molecular weight excluding hydrogens is 344 g/mol. The highest BCUT2D eigenvalue weighted by Crippen LogP contribution is 2.34. The van der Waals surface area contributed by atoms with Crippen LogP contribution in [-0.2, 0) is 4.79 Å². The zero-order chi connectivity index (χ0) is 17.4. The molecule has 2 N–H and O–H groups in total. The molecule has 0 aliphatic heterocycles. The highest BCUT2D eigenvalue weighted by molar-refractivity contribution is 7.99. The van der Waals surface area contributed by atoms with Gasteiger partial charge in [-0.1, -0.05) is 0 Å². The van der Waals surface area contributed by atoms with Crippen LogP contribution in [0.5, 0.6) is 5.75 Å². The summed E-state index contributed by atoms with van der Waals surface area (Å²) in [6, 6.07) is 2.64. The lowest BCUT2D eigenvalue weighted by molar-refractivity contribution is -0.385. The smallest absolute Gasteiger partial charge is 0.313 e. The molecule has 0 aromatic heterocycles. The number of methoxy groups -OCH3 is 1. The molecule has 0 bridgehead atoms. The minimum Gasteiger partial charge on any atom is -0.495 e. The number of amides is 1. The quantitative estimate of drug-likeness (QED) is 0.296. The summed E-state index contributed by atoms with van der Waals surface area (Å²) in [5.41, 5.74) is -0.390. The fraction of sp³-hybridized carbons (Fsp3) is 0.385. The maximum absolute atomic E-state index is 12.1. The SMILES string of the molecule is COc1cc([N+](=O)[O-])c(C(=O)NCCSCC(=O)O)cc1SC. The number of hydrogen-bond acceptors (Lipinski definition) is 7. The average Bonchev–Trinajstić information content (AvgIpc) is 2.52. The van der Waals surface area contributed by atoms with E-state index in [-0.39, 0.29) is 23.5 Å². The van der Waals surface area contributed by atoms with Crippen molar-refractivity contribution in [1.29, 1.82) is 0 Å². The van der Waals surface area contributed by atoms with E-state index in [1.807, 2.05) is 0 Å². The molecule has 10 heteroatoms. The molecule has 8 nitrogen and oxygen atoms in total. The van der Waals surface area contributed by atoms with Crippen LogP contribution in [0.3, 0.4) is 0 Å². The predicted molar refractivity (Wildman–Crippen MR) is 88.7 cm³/mol. The standard InChI is InChI=1S/C13H16N2O6S2/c1-21-10-6-9(15(19)20)8(5-11(10)22-2)13(18)14-3-4-23-7-12(16)17/h5-6H,3-4,7H2,1-2H3,(H,14,18)(H,16,17). The molecule has 0 unspecified atom stereocenters. The normalized spacial score (nSPS) is 10.2. The van der Waals surface area contributed by atoms with Crippen LogP contribution in [0.1, 0.15) is 10.4 Å². The van der Waals surface area contributed by atoms with Gasteiger partial charge in [0.1, 0.15) is 11.3 Å². The fourth-order valence-corrected chi connectivity index (χ4v) is 2.84. The summed E-state index contributed by atoms with van der Waals surface area (Å²) < 4.78 is 5.08. The molecule has 1 amide bonds. The van der Waals surface area contributed by atoms with E-state index < -0.39 is 16.8 Å². The monoisotopic (exact) mass is 360 g/mol. The lowest BCUT2D eigenvalue weighted by atomic mass is 10.1. The number of benzene rings is 1. The summed E-state index contributed by atoms with van der Waals surface area (Å²) in [7, 11) is 1.40. The molecule has 0 heterocycles. The number of carboxylic acids is 1. The second kappa shape index (κ2) is 9.26. The van der Waals surface area contributed by atoms with E-state index in [2.05, 4.69) is 5.32 Å². The first-order valence-electron chi connectivity index (χ1n) is 6.38. The largest absolute Gasteiger partial charge is 0.495 e. The number of carboxylic acid groups (broad SMARTS) is 1. The van der Waals surface area contributed by atoms with Crippen molar-refractivity contribution in [2.24, 2.45) is 0 Å². The average molecular weight is 360 g/mol. The Morgan fingerprint density at radius 1 is 1.43 bits per heavy atom.